The lowest BCUT2D eigenvalue weighted by Gasteiger charge is -2.46. The van der Waals surface area contributed by atoms with Crippen LogP contribution < -0.4 is 9.64 Å². The second-order valence-electron chi connectivity index (χ2n) is 6.94. The van der Waals surface area contributed by atoms with Crippen LogP contribution in [-0.2, 0) is 5.41 Å². The molecule has 1 unspecified atom stereocenters. The standard InChI is InChI=1S/C19H17BrN2O3/c1-18(2)14-6-4-5-7-16(14)21(3)19(18)9-8-12-10-13(22(23)24)11-15(20)17(12)25-19/h4-11H,1-3H3. The minimum absolute atomic E-state index is 0.0390. The van der Waals surface area contributed by atoms with Gasteiger partial charge in [0.2, 0.25) is 5.72 Å². The van der Waals surface area contributed by atoms with Crippen LogP contribution in [0.25, 0.3) is 6.08 Å². The van der Waals surface area contributed by atoms with Crippen molar-refractivity contribution in [3.8, 4) is 5.75 Å². The van der Waals surface area contributed by atoms with E-state index in [1.165, 1.54) is 11.6 Å². The predicted molar refractivity (Wildman–Crippen MR) is 101 cm³/mol. The first-order valence-electron chi connectivity index (χ1n) is 7.97. The monoisotopic (exact) mass is 400 g/mol. The topological polar surface area (TPSA) is 55.6 Å². The summed E-state index contributed by atoms with van der Waals surface area (Å²) in [5, 5.41) is 11.1. The number of hydrogen-bond donors (Lipinski definition) is 0. The average Bonchev–Trinajstić information content (AvgIpc) is 2.75. The molecule has 2 aliphatic heterocycles. The fourth-order valence-corrected chi connectivity index (χ4v) is 4.48. The molecule has 25 heavy (non-hydrogen) atoms. The number of benzene rings is 2. The number of likely N-dealkylation sites (N-methyl/N-ethyl adjacent to an activating group) is 1. The molecule has 0 bridgehead atoms. The molecule has 2 heterocycles. The lowest BCUT2D eigenvalue weighted by molar-refractivity contribution is -0.385. The smallest absolute Gasteiger partial charge is 0.271 e. The Labute approximate surface area is 154 Å². The molecule has 2 aliphatic rings. The molecule has 0 amide bonds. The number of fused-ring (bicyclic) bond motifs is 2. The number of nitrogens with zero attached hydrogens (tertiary/aromatic N) is 2. The van der Waals surface area contributed by atoms with Gasteiger partial charge in [0, 0.05) is 30.4 Å². The average molecular weight is 401 g/mol. The molecule has 4 rings (SSSR count). The Morgan fingerprint density at radius 2 is 1.96 bits per heavy atom. The van der Waals surface area contributed by atoms with E-state index < -0.39 is 10.6 Å². The van der Waals surface area contributed by atoms with Crippen LogP contribution >= 0.6 is 15.9 Å². The van der Waals surface area contributed by atoms with Crippen molar-refractivity contribution in [1.29, 1.82) is 0 Å². The highest BCUT2D eigenvalue weighted by Gasteiger charge is 2.57. The van der Waals surface area contributed by atoms with Crippen LogP contribution in [0.3, 0.4) is 0 Å². The molecule has 0 N–H and O–H groups in total. The van der Waals surface area contributed by atoms with E-state index in [4.69, 9.17) is 4.74 Å². The minimum Gasteiger partial charge on any atom is -0.462 e. The maximum absolute atomic E-state index is 11.1. The Morgan fingerprint density at radius 1 is 1.24 bits per heavy atom. The summed E-state index contributed by atoms with van der Waals surface area (Å²) in [4.78, 5) is 12.8. The quantitative estimate of drug-likeness (QED) is 0.505. The molecule has 1 atom stereocenters. The van der Waals surface area contributed by atoms with Crippen molar-refractivity contribution in [1.82, 2.24) is 0 Å². The first-order chi connectivity index (χ1) is 11.8. The van der Waals surface area contributed by atoms with E-state index in [1.54, 1.807) is 6.07 Å². The summed E-state index contributed by atoms with van der Waals surface area (Å²) in [6.07, 6.45) is 3.92. The Kier molecular flexibility index (Phi) is 3.28. The normalized spacial score (nSPS) is 22.5. The van der Waals surface area contributed by atoms with Gasteiger partial charge >= 0.3 is 0 Å². The highest BCUT2D eigenvalue weighted by atomic mass is 79.9. The lowest BCUT2D eigenvalue weighted by Crippen LogP contribution is -2.58. The molecule has 5 nitrogen and oxygen atoms in total. The van der Waals surface area contributed by atoms with Crippen molar-refractivity contribution in [2.75, 3.05) is 11.9 Å². The molecule has 0 saturated carbocycles. The van der Waals surface area contributed by atoms with Crippen LogP contribution in [0.15, 0.2) is 46.9 Å². The van der Waals surface area contributed by atoms with Gasteiger partial charge in [-0.05, 0) is 53.6 Å². The fourth-order valence-electron chi connectivity index (χ4n) is 3.93. The maximum Gasteiger partial charge on any atom is 0.271 e. The molecule has 0 aromatic heterocycles. The zero-order valence-corrected chi connectivity index (χ0v) is 15.7. The Balaban J connectivity index is 1.88. The van der Waals surface area contributed by atoms with E-state index in [-0.39, 0.29) is 11.1 Å². The summed E-state index contributed by atoms with van der Waals surface area (Å²) in [6.45, 7) is 4.31. The Bertz CT molecular complexity index is 938. The molecule has 0 aliphatic carbocycles. The number of halogens is 1. The second-order valence-corrected chi connectivity index (χ2v) is 7.79. The molecule has 2 aromatic rings. The van der Waals surface area contributed by atoms with Crippen LogP contribution in [0.4, 0.5) is 11.4 Å². The molecular weight excluding hydrogens is 384 g/mol. The van der Waals surface area contributed by atoms with E-state index >= 15 is 0 Å². The first kappa shape index (κ1) is 16.1. The number of nitro benzene ring substituents is 1. The van der Waals surface area contributed by atoms with Crippen LogP contribution in [0, 0.1) is 10.1 Å². The Morgan fingerprint density at radius 3 is 2.64 bits per heavy atom. The molecule has 0 fully saturated rings. The van der Waals surface area contributed by atoms with Gasteiger partial charge < -0.3 is 9.64 Å². The molecule has 1 spiro atoms. The first-order valence-corrected chi connectivity index (χ1v) is 8.77. The van der Waals surface area contributed by atoms with Gasteiger partial charge in [0.25, 0.3) is 5.69 Å². The van der Waals surface area contributed by atoms with E-state index in [0.29, 0.717) is 15.8 Å². The lowest BCUT2D eigenvalue weighted by atomic mass is 9.76. The number of non-ortho nitro benzene ring substituents is 1. The highest BCUT2D eigenvalue weighted by Crippen LogP contribution is 2.55. The van der Waals surface area contributed by atoms with Crippen molar-refractivity contribution in [2.45, 2.75) is 25.0 Å². The van der Waals surface area contributed by atoms with E-state index in [1.807, 2.05) is 31.3 Å². The Hall–Kier alpha value is -2.34. The van der Waals surface area contributed by atoms with Crippen molar-refractivity contribution < 1.29 is 9.66 Å². The molecule has 6 heteroatoms. The van der Waals surface area contributed by atoms with Gasteiger partial charge in [0.15, 0.2) is 0 Å². The molecule has 128 valence electrons. The summed E-state index contributed by atoms with van der Waals surface area (Å²) in [5.74, 6) is 0.626. The summed E-state index contributed by atoms with van der Waals surface area (Å²) in [6, 6.07) is 11.3. The van der Waals surface area contributed by atoms with Gasteiger partial charge in [-0.25, -0.2) is 0 Å². The number of ether oxygens (including phenoxy) is 1. The van der Waals surface area contributed by atoms with Crippen LogP contribution in [0.2, 0.25) is 0 Å². The summed E-state index contributed by atoms with van der Waals surface area (Å²) in [5.41, 5.74) is 2.09. The van der Waals surface area contributed by atoms with Crippen molar-refractivity contribution in [3.05, 3.63) is 68.2 Å². The zero-order valence-electron chi connectivity index (χ0n) is 14.1. The van der Waals surface area contributed by atoms with Gasteiger partial charge in [-0.3, -0.25) is 10.1 Å². The number of para-hydroxylation sites is 1. The van der Waals surface area contributed by atoms with Crippen LogP contribution in [0.5, 0.6) is 5.75 Å². The molecule has 0 radical (unpaired) electrons. The van der Waals surface area contributed by atoms with Crippen molar-refractivity contribution in [2.24, 2.45) is 0 Å². The number of rotatable bonds is 1. The molecular formula is C19H17BrN2O3. The van der Waals surface area contributed by atoms with E-state index in [9.17, 15) is 10.1 Å². The van der Waals surface area contributed by atoms with Gasteiger partial charge in [-0.1, -0.05) is 18.2 Å². The fraction of sp³-hybridized carbons (Fsp3) is 0.263. The third-order valence-electron chi connectivity index (χ3n) is 5.35. The van der Waals surface area contributed by atoms with E-state index in [0.717, 1.165) is 5.69 Å². The SMILES string of the molecule is CN1c2ccccc2C(C)(C)C12C=Cc1cc([N+](=O)[O-])cc(Br)c1O2. The van der Waals surface area contributed by atoms with Gasteiger partial charge in [0.1, 0.15) is 5.75 Å². The summed E-state index contributed by atoms with van der Waals surface area (Å²) >= 11 is 3.44. The number of nitro groups is 1. The molecule has 2 aromatic carbocycles. The molecule has 0 saturated heterocycles. The highest BCUT2D eigenvalue weighted by molar-refractivity contribution is 9.10. The minimum atomic E-state index is -0.692. The van der Waals surface area contributed by atoms with Gasteiger partial charge in [-0.2, -0.15) is 0 Å². The van der Waals surface area contributed by atoms with Gasteiger partial charge in [-0.15, -0.1) is 0 Å². The van der Waals surface area contributed by atoms with Crippen LogP contribution in [-0.4, -0.2) is 17.7 Å². The van der Waals surface area contributed by atoms with Crippen LogP contribution in [0.1, 0.15) is 25.0 Å². The summed E-state index contributed by atoms with van der Waals surface area (Å²) in [7, 11) is 2.02. The van der Waals surface area contributed by atoms with E-state index in [2.05, 4.69) is 46.8 Å². The predicted octanol–water partition coefficient (Wildman–Crippen LogP) is 4.89. The van der Waals surface area contributed by atoms with Gasteiger partial charge in [0.05, 0.1) is 14.8 Å². The third kappa shape index (κ3) is 2.00. The maximum atomic E-state index is 11.1. The third-order valence-corrected chi connectivity index (χ3v) is 5.94. The number of hydrogen-bond acceptors (Lipinski definition) is 4. The largest absolute Gasteiger partial charge is 0.462 e. The summed E-state index contributed by atoms with van der Waals surface area (Å²) < 4.78 is 7.11. The van der Waals surface area contributed by atoms with Crippen molar-refractivity contribution in [3.63, 3.8) is 0 Å². The second kappa shape index (κ2) is 5.08. The van der Waals surface area contributed by atoms with Crippen molar-refractivity contribution >= 4 is 33.4 Å². The number of anilines is 1. The zero-order chi connectivity index (χ0) is 18.0.